The number of aliphatic carboxylic acids is 1. The van der Waals surface area contributed by atoms with Gasteiger partial charge in [-0.1, -0.05) is 11.2 Å². The van der Waals surface area contributed by atoms with Crippen LogP contribution in [-0.2, 0) is 14.1 Å². The molecule has 1 aliphatic heterocycles. The largest absolute Gasteiger partial charge is 0.664 e. The van der Waals surface area contributed by atoms with E-state index in [-0.39, 0.29) is 16.1 Å². The monoisotopic (exact) mass is 488 g/mol. The lowest BCUT2D eigenvalue weighted by Crippen LogP contribution is -2.49. The van der Waals surface area contributed by atoms with Crippen LogP contribution in [0, 0.1) is 0 Å². The number of aliphatic hydroxyl groups is 2. The molecule has 2 unspecified atom stereocenters. The van der Waals surface area contributed by atoms with Gasteiger partial charge in [0.05, 0.1) is 5.48 Å². The smallest absolute Gasteiger partial charge is 0.491 e. The molecule has 1 saturated heterocycles. The normalized spacial score (nSPS) is 28.1. The first kappa shape index (κ1) is 19.4. The summed E-state index contributed by atoms with van der Waals surface area (Å²) in [5, 5.41) is 32.5. The van der Waals surface area contributed by atoms with Crippen molar-refractivity contribution < 1.29 is 44.2 Å². The Morgan fingerprint density at radius 3 is 2.88 bits per heavy atom. The molecule has 0 spiro atoms. The summed E-state index contributed by atoms with van der Waals surface area (Å²) in [7, 11) is -2.67. The molecule has 13 nitrogen and oxygen atoms in total. The number of carboxylic acids is 1. The van der Waals surface area contributed by atoms with E-state index in [9.17, 15) is 29.2 Å². The van der Waals surface area contributed by atoms with E-state index in [0.717, 1.165) is 13.0 Å². The van der Waals surface area contributed by atoms with Crippen LogP contribution in [0.2, 0.25) is 0 Å². The summed E-state index contributed by atoms with van der Waals surface area (Å²) in [6.07, 6.45) is -6.74. The molecule has 178 valence electrons. The minimum atomic E-state index is -2.90. The topological polar surface area (TPSA) is 189 Å². The van der Waals surface area contributed by atoms with E-state index in [1.807, 2.05) is 4.98 Å². The van der Waals surface area contributed by atoms with E-state index in [1.54, 1.807) is 0 Å². The second-order valence-electron chi connectivity index (χ2n) is 7.17. The summed E-state index contributed by atoms with van der Waals surface area (Å²) < 4.78 is 59.6. The first-order valence-corrected chi connectivity index (χ1v) is 10.5. The number of nitrogens with zero attached hydrogens (tertiary/aromatic N) is 1. The highest BCUT2D eigenvalue weighted by Crippen LogP contribution is 2.37. The van der Waals surface area contributed by atoms with E-state index in [2.05, 4.69) is 5.09 Å². The van der Waals surface area contributed by atoms with Gasteiger partial charge in [0.25, 0.3) is 5.56 Å². The third-order valence-corrected chi connectivity index (χ3v) is 5.60. The molecule has 2 heterocycles. The predicted octanol–water partition coefficient (Wildman–Crippen LogP) is -0.276. The number of carboxylic acid groups (broad SMARTS) is 1. The molecule has 0 saturated carbocycles. The molecular formula is C19H23N3O10P+. The van der Waals surface area contributed by atoms with Crippen molar-refractivity contribution in [2.24, 2.45) is 0 Å². The minimum Gasteiger partial charge on any atom is -0.491 e. The Balaban J connectivity index is 1.84. The zero-order valence-corrected chi connectivity index (χ0v) is 18.1. The lowest BCUT2D eigenvalue weighted by Gasteiger charge is -2.26. The number of nitrogens with one attached hydrogen (secondary N) is 2. The number of hydrogen-bond acceptors (Lipinski definition) is 9. The quantitative estimate of drug-likeness (QED) is 0.292. The van der Waals surface area contributed by atoms with Crippen molar-refractivity contribution >= 4 is 14.1 Å². The van der Waals surface area contributed by atoms with E-state index < -0.39 is 74.3 Å². The summed E-state index contributed by atoms with van der Waals surface area (Å²) >= 11 is 0. The van der Waals surface area contributed by atoms with Gasteiger partial charge in [0.1, 0.15) is 36.2 Å². The number of benzene rings is 1. The van der Waals surface area contributed by atoms with E-state index in [1.165, 1.54) is 25.1 Å². The van der Waals surface area contributed by atoms with Crippen LogP contribution >= 0.6 is 8.18 Å². The van der Waals surface area contributed by atoms with Crippen LogP contribution in [0.5, 0.6) is 11.5 Å². The van der Waals surface area contributed by atoms with Crippen LogP contribution in [0.4, 0.5) is 0 Å². The maximum absolute atomic E-state index is 12.4. The Kier molecular flexibility index (Phi) is 5.76. The van der Waals surface area contributed by atoms with Gasteiger partial charge >= 0.3 is 19.8 Å². The van der Waals surface area contributed by atoms with Crippen molar-refractivity contribution in [2.75, 3.05) is 6.56 Å². The van der Waals surface area contributed by atoms with Crippen LogP contribution in [0.15, 0.2) is 46.1 Å². The maximum atomic E-state index is 12.4. The molecule has 6 atom stereocenters. The molecule has 14 heteroatoms. The SMILES string of the molecule is [2H]c1[nH]c(=O)n([C@@H]2O[C@H](C([2H])([2H])Oc3cccc(O[P+](=O)NC(C)C(=O)O)c3)[C@@H](O)[C@@]2(C)O)c(=O)c1[2H]. The van der Waals surface area contributed by atoms with Gasteiger partial charge in [0.15, 0.2) is 12.0 Å². The Labute approximate surface area is 193 Å². The van der Waals surface area contributed by atoms with Gasteiger partial charge in [0, 0.05) is 22.8 Å². The van der Waals surface area contributed by atoms with Gasteiger partial charge in [-0.25, -0.2) is 13.9 Å². The Morgan fingerprint density at radius 1 is 1.48 bits per heavy atom. The average molecular weight is 488 g/mol. The second kappa shape index (κ2) is 9.81. The molecule has 3 rings (SSSR count). The Morgan fingerprint density at radius 2 is 2.18 bits per heavy atom. The van der Waals surface area contributed by atoms with Crippen LogP contribution in [0.3, 0.4) is 0 Å². The number of hydrogen-bond donors (Lipinski definition) is 5. The fourth-order valence-electron chi connectivity index (χ4n) is 2.84. The molecule has 33 heavy (non-hydrogen) atoms. The summed E-state index contributed by atoms with van der Waals surface area (Å²) in [4.78, 5) is 37.5. The molecule has 0 aliphatic carbocycles. The lowest BCUT2D eigenvalue weighted by atomic mass is 9.96. The van der Waals surface area contributed by atoms with Crippen LogP contribution < -0.4 is 25.6 Å². The number of ether oxygens (including phenoxy) is 2. The maximum Gasteiger partial charge on any atom is 0.664 e. The Hall–Kier alpha value is -3.09. The summed E-state index contributed by atoms with van der Waals surface area (Å²) in [5.41, 5.74) is -4.95. The summed E-state index contributed by atoms with van der Waals surface area (Å²) in [6, 6.07) is 2.96. The lowest BCUT2D eigenvalue weighted by molar-refractivity contribution is -0.138. The summed E-state index contributed by atoms with van der Waals surface area (Å²) in [5.74, 6) is -1.56. The predicted molar refractivity (Wildman–Crippen MR) is 112 cm³/mol. The number of rotatable bonds is 9. The zero-order valence-electron chi connectivity index (χ0n) is 21.2. The third-order valence-electron chi connectivity index (χ3n) is 4.63. The molecule has 0 bridgehead atoms. The highest BCUT2D eigenvalue weighted by molar-refractivity contribution is 7.37. The van der Waals surface area contributed by atoms with Gasteiger partial charge in [-0.3, -0.25) is 9.59 Å². The minimum absolute atomic E-state index is 0.0891. The molecule has 1 aromatic carbocycles. The third kappa shape index (κ3) is 5.46. The highest BCUT2D eigenvalue weighted by Gasteiger charge is 2.54. The van der Waals surface area contributed by atoms with Gasteiger partial charge in [-0.15, -0.1) is 0 Å². The average Bonchev–Trinajstić information content (AvgIpc) is 3.02. The van der Waals surface area contributed by atoms with Crippen molar-refractivity contribution in [3.63, 3.8) is 0 Å². The van der Waals surface area contributed by atoms with Gasteiger partial charge in [-0.2, -0.15) is 0 Å². The fourth-order valence-corrected chi connectivity index (χ4v) is 3.62. The molecule has 0 radical (unpaired) electrons. The molecule has 1 fully saturated rings. The standard InChI is InChI=1S/C19H22N3O10P/c1-10(16(25)26)21-33(29)32-12-5-3-4-11(8-12)30-9-13-15(24)19(2,28)17(31-13)22-14(23)6-7-20-18(22)27/h3-8,10,13,15,17,24,28H,9H2,1-2H3,(H2-,20,21,23,25,26,27,29)/p+1/t10?,13-,15-,17-,19-/m1/s1/i6D,7D,9D2. The van der Waals surface area contributed by atoms with Gasteiger partial charge in [0.2, 0.25) is 0 Å². The van der Waals surface area contributed by atoms with Crippen molar-refractivity contribution in [2.45, 2.75) is 43.9 Å². The number of aromatic amines is 1. The molecule has 2 aromatic rings. The molecule has 0 amide bonds. The molecule has 5 N–H and O–H groups in total. The highest BCUT2D eigenvalue weighted by atomic mass is 31.1. The number of H-pyrrole nitrogens is 1. The summed E-state index contributed by atoms with van der Waals surface area (Å²) in [6.45, 7) is -0.667. The first-order valence-electron chi connectivity index (χ1n) is 11.4. The van der Waals surface area contributed by atoms with E-state index in [0.29, 0.717) is 0 Å². The zero-order chi connectivity index (χ0) is 27.9. The van der Waals surface area contributed by atoms with Crippen molar-refractivity contribution in [1.82, 2.24) is 14.6 Å². The van der Waals surface area contributed by atoms with Crippen molar-refractivity contribution in [3.8, 4) is 11.5 Å². The van der Waals surface area contributed by atoms with Crippen molar-refractivity contribution in [1.29, 1.82) is 0 Å². The number of aromatic nitrogens is 2. The first-order chi connectivity index (χ1) is 17.1. The number of aliphatic hydroxyl groups excluding tert-OH is 1. The molecule has 1 aliphatic rings. The Bertz CT molecular complexity index is 1330. The fraction of sp³-hybridized carbons (Fsp3) is 0.421. The van der Waals surface area contributed by atoms with Crippen LogP contribution in [0.25, 0.3) is 0 Å². The van der Waals surface area contributed by atoms with Crippen LogP contribution in [0.1, 0.15) is 25.6 Å². The van der Waals surface area contributed by atoms with Gasteiger partial charge < -0.3 is 29.8 Å². The molecule has 1 aromatic heterocycles. The number of carbonyl (C=O) groups is 1. The second-order valence-corrected chi connectivity index (χ2v) is 8.12. The van der Waals surface area contributed by atoms with Crippen molar-refractivity contribution in [3.05, 3.63) is 57.3 Å². The van der Waals surface area contributed by atoms with Gasteiger partial charge in [-0.05, 0) is 26.0 Å². The van der Waals surface area contributed by atoms with E-state index >= 15 is 0 Å². The van der Waals surface area contributed by atoms with E-state index in [4.69, 9.17) is 24.6 Å². The molecular weight excluding hydrogens is 461 g/mol. The van der Waals surface area contributed by atoms with Crippen LogP contribution in [-0.4, -0.2) is 61.2 Å².